The summed E-state index contributed by atoms with van der Waals surface area (Å²) in [5.41, 5.74) is 1.99. The molecule has 5 heteroatoms. The summed E-state index contributed by atoms with van der Waals surface area (Å²) >= 11 is 3.35. The number of nitrogens with zero attached hydrogens (tertiary/aromatic N) is 1. The summed E-state index contributed by atoms with van der Waals surface area (Å²) in [6.07, 6.45) is 1.71. The van der Waals surface area contributed by atoms with Crippen LogP contribution in [0.2, 0.25) is 0 Å². The first-order valence-corrected chi connectivity index (χ1v) is 8.31. The predicted molar refractivity (Wildman–Crippen MR) is 80.4 cm³/mol. The van der Waals surface area contributed by atoms with Crippen molar-refractivity contribution >= 4 is 26.7 Å². The van der Waals surface area contributed by atoms with Gasteiger partial charge in [-0.3, -0.25) is 9.11 Å². The van der Waals surface area contributed by atoms with Crippen LogP contribution in [-0.4, -0.2) is 39.3 Å². The molecule has 0 spiro atoms. The van der Waals surface area contributed by atoms with Gasteiger partial charge < -0.3 is 5.11 Å². The summed E-state index contributed by atoms with van der Waals surface area (Å²) < 4.78 is 11.9. The third-order valence-electron chi connectivity index (χ3n) is 2.93. The second kappa shape index (κ2) is 6.68. The number of halogens is 1. The molecule has 3 nitrogen and oxygen atoms in total. The number of rotatable bonds is 5. The topological polar surface area (TPSA) is 40.5 Å². The first kappa shape index (κ1) is 15.7. The highest BCUT2D eigenvalue weighted by molar-refractivity contribution is 9.10. The van der Waals surface area contributed by atoms with Crippen LogP contribution in [0.4, 0.5) is 0 Å². The number of aryl methyl sites for hydroxylation is 1. The molecule has 0 aliphatic carbocycles. The van der Waals surface area contributed by atoms with Crippen molar-refractivity contribution < 1.29 is 9.32 Å². The maximum absolute atomic E-state index is 11.2. The Kier molecular flexibility index (Phi) is 5.82. The van der Waals surface area contributed by atoms with Crippen LogP contribution in [-0.2, 0) is 17.3 Å². The second-order valence-corrected chi connectivity index (χ2v) is 7.09. The van der Waals surface area contributed by atoms with Gasteiger partial charge in [-0.15, -0.1) is 0 Å². The molecule has 1 N–H and O–H groups in total. The molecule has 0 aliphatic heterocycles. The molecule has 0 amide bonds. The van der Waals surface area contributed by atoms with Gasteiger partial charge in [-0.2, -0.15) is 0 Å². The van der Waals surface area contributed by atoms with Crippen molar-refractivity contribution in [3.63, 3.8) is 0 Å². The van der Waals surface area contributed by atoms with Gasteiger partial charge in [0, 0.05) is 41.0 Å². The smallest absolute Gasteiger partial charge is 0.134 e. The Bertz CT molecular complexity index is 451. The van der Waals surface area contributed by atoms with Gasteiger partial charge in [0.25, 0.3) is 0 Å². The number of phenols is 1. The third kappa shape index (κ3) is 4.37. The van der Waals surface area contributed by atoms with E-state index in [1.54, 1.807) is 6.26 Å². The molecule has 0 radical (unpaired) electrons. The van der Waals surface area contributed by atoms with Crippen LogP contribution >= 0.6 is 15.9 Å². The minimum Gasteiger partial charge on any atom is -0.506 e. The normalized spacial score (nSPS) is 14.8. The van der Waals surface area contributed by atoms with E-state index in [0.29, 0.717) is 12.3 Å². The highest BCUT2D eigenvalue weighted by Crippen LogP contribution is 2.30. The molecule has 0 fully saturated rings. The second-order valence-electron chi connectivity index (χ2n) is 4.76. The highest BCUT2D eigenvalue weighted by Gasteiger charge is 2.14. The lowest BCUT2D eigenvalue weighted by Gasteiger charge is -2.24. The van der Waals surface area contributed by atoms with Crippen molar-refractivity contribution in [2.45, 2.75) is 26.4 Å². The summed E-state index contributed by atoms with van der Waals surface area (Å²) in [6.45, 7) is 4.69. The monoisotopic (exact) mass is 333 g/mol. The van der Waals surface area contributed by atoms with E-state index in [4.69, 9.17) is 0 Å². The average Bonchev–Trinajstić information content (AvgIpc) is 2.24. The number of aromatic hydroxyl groups is 1. The zero-order valence-corrected chi connectivity index (χ0v) is 13.6. The summed E-state index contributed by atoms with van der Waals surface area (Å²) in [5, 5.41) is 10.0. The van der Waals surface area contributed by atoms with Crippen LogP contribution < -0.4 is 0 Å². The molecule has 2 atom stereocenters. The van der Waals surface area contributed by atoms with Gasteiger partial charge in [0.15, 0.2) is 0 Å². The molecule has 0 aromatic heterocycles. The first-order chi connectivity index (χ1) is 8.31. The Labute approximate surface area is 120 Å². The molecule has 0 heterocycles. The summed E-state index contributed by atoms with van der Waals surface area (Å²) in [7, 11) is 1.18. The molecule has 0 saturated heterocycles. The predicted octanol–water partition coefficient (Wildman–Crippen LogP) is 2.66. The standard InChI is InChI=1S/C13H20BrNO2S/c1-9-5-11(13(16)12(14)6-9)7-15(3)10(2)8-18(4)17/h5-6,10,16H,7-8H2,1-4H3/t10-,18+/m0/s1. The lowest BCUT2D eigenvalue weighted by Crippen LogP contribution is -2.32. The first-order valence-electron chi connectivity index (χ1n) is 5.79. The van der Waals surface area contributed by atoms with Crippen LogP contribution in [0.1, 0.15) is 18.1 Å². The number of hydrogen-bond acceptors (Lipinski definition) is 3. The number of benzene rings is 1. The quantitative estimate of drug-likeness (QED) is 0.900. The molecule has 0 saturated carbocycles. The van der Waals surface area contributed by atoms with E-state index < -0.39 is 10.8 Å². The highest BCUT2D eigenvalue weighted by atomic mass is 79.9. The SMILES string of the molecule is Cc1cc(Br)c(O)c(CN(C)[C@@H](C)C[S@@](C)=O)c1. The van der Waals surface area contributed by atoms with Crippen molar-refractivity contribution in [2.24, 2.45) is 0 Å². The Hall–Kier alpha value is -0.390. The van der Waals surface area contributed by atoms with Crippen molar-refractivity contribution in [2.75, 3.05) is 19.1 Å². The minimum absolute atomic E-state index is 0.217. The molecule has 0 unspecified atom stereocenters. The average molecular weight is 334 g/mol. The summed E-state index contributed by atoms with van der Waals surface area (Å²) in [6, 6.07) is 4.09. The minimum atomic E-state index is -0.802. The van der Waals surface area contributed by atoms with Gasteiger partial charge in [0.05, 0.1) is 4.47 Å². The van der Waals surface area contributed by atoms with Crippen molar-refractivity contribution in [1.82, 2.24) is 4.90 Å². The zero-order chi connectivity index (χ0) is 13.9. The van der Waals surface area contributed by atoms with Gasteiger partial charge in [0.1, 0.15) is 5.75 Å². The third-order valence-corrected chi connectivity index (χ3v) is 4.49. The summed E-state index contributed by atoms with van der Waals surface area (Å²) in [5.74, 6) is 0.932. The molecular weight excluding hydrogens is 314 g/mol. The van der Waals surface area contributed by atoms with Gasteiger partial charge >= 0.3 is 0 Å². The molecular formula is C13H20BrNO2S. The van der Waals surface area contributed by atoms with Crippen LogP contribution in [0, 0.1) is 6.92 Å². The van der Waals surface area contributed by atoms with Crippen LogP contribution in [0.25, 0.3) is 0 Å². The van der Waals surface area contributed by atoms with E-state index in [1.165, 1.54) is 0 Å². The molecule has 1 rings (SSSR count). The largest absolute Gasteiger partial charge is 0.506 e. The van der Waals surface area contributed by atoms with E-state index in [0.717, 1.165) is 15.6 Å². The van der Waals surface area contributed by atoms with E-state index in [2.05, 4.69) is 20.8 Å². The number of phenolic OH excluding ortho intramolecular Hbond substituents is 1. The van der Waals surface area contributed by atoms with Gasteiger partial charge in [-0.05, 0) is 48.5 Å². The Balaban J connectivity index is 2.81. The lowest BCUT2D eigenvalue weighted by atomic mass is 10.1. The van der Waals surface area contributed by atoms with Gasteiger partial charge in [-0.25, -0.2) is 0 Å². The van der Waals surface area contributed by atoms with Gasteiger partial charge in [-0.1, -0.05) is 6.07 Å². The van der Waals surface area contributed by atoms with E-state index in [-0.39, 0.29) is 11.8 Å². The molecule has 18 heavy (non-hydrogen) atoms. The Morgan fingerprint density at radius 2 is 2.11 bits per heavy atom. The van der Waals surface area contributed by atoms with Crippen molar-refractivity contribution in [3.8, 4) is 5.75 Å². The van der Waals surface area contributed by atoms with Crippen LogP contribution in [0.3, 0.4) is 0 Å². The lowest BCUT2D eigenvalue weighted by molar-refractivity contribution is 0.264. The Morgan fingerprint density at radius 1 is 1.50 bits per heavy atom. The van der Waals surface area contributed by atoms with Crippen LogP contribution in [0.5, 0.6) is 5.75 Å². The van der Waals surface area contributed by atoms with Crippen LogP contribution in [0.15, 0.2) is 16.6 Å². The maximum atomic E-state index is 11.2. The fraction of sp³-hybridized carbons (Fsp3) is 0.538. The van der Waals surface area contributed by atoms with E-state index in [9.17, 15) is 9.32 Å². The zero-order valence-electron chi connectivity index (χ0n) is 11.2. The molecule has 1 aromatic rings. The molecule has 0 bridgehead atoms. The van der Waals surface area contributed by atoms with Crippen molar-refractivity contribution in [1.29, 1.82) is 0 Å². The van der Waals surface area contributed by atoms with E-state index >= 15 is 0 Å². The molecule has 102 valence electrons. The molecule has 1 aromatic carbocycles. The number of hydrogen-bond donors (Lipinski definition) is 1. The fourth-order valence-corrected chi connectivity index (χ4v) is 3.37. The Morgan fingerprint density at radius 3 is 2.67 bits per heavy atom. The van der Waals surface area contributed by atoms with E-state index in [1.807, 2.05) is 33.0 Å². The van der Waals surface area contributed by atoms with Gasteiger partial charge in [0.2, 0.25) is 0 Å². The molecule has 0 aliphatic rings. The maximum Gasteiger partial charge on any atom is 0.134 e. The van der Waals surface area contributed by atoms with Crippen molar-refractivity contribution in [3.05, 3.63) is 27.7 Å². The summed E-state index contributed by atoms with van der Waals surface area (Å²) in [4.78, 5) is 2.10. The fourth-order valence-electron chi connectivity index (χ4n) is 1.82.